The van der Waals surface area contributed by atoms with Gasteiger partial charge in [-0.25, -0.2) is 0 Å². The predicted molar refractivity (Wildman–Crippen MR) is 89.9 cm³/mol. The molecule has 1 aromatic carbocycles. The van der Waals surface area contributed by atoms with E-state index >= 15 is 0 Å². The first kappa shape index (κ1) is 18.0. The highest BCUT2D eigenvalue weighted by molar-refractivity contribution is 5.79. The summed E-state index contributed by atoms with van der Waals surface area (Å²) in [6.07, 6.45) is 3.36. The van der Waals surface area contributed by atoms with Crippen molar-refractivity contribution < 1.29 is 9.53 Å². The summed E-state index contributed by atoms with van der Waals surface area (Å²) in [6.45, 7) is 3.68. The lowest BCUT2D eigenvalue weighted by Crippen LogP contribution is -2.37. The second-order valence-corrected chi connectivity index (χ2v) is 5.23. The Bertz CT molecular complexity index is 487. The summed E-state index contributed by atoms with van der Waals surface area (Å²) < 4.78 is 4.61. The number of carbonyl (C=O) groups excluding carboxylic acids is 1. The molecular formula is C17H27N3O2. The Morgan fingerprint density at radius 2 is 2.05 bits per heavy atom. The molecule has 22 heavy (non-hydrogen) atoms. The number of hydrogen-bond donors (Lipinski definition) is 2. The number of methoxy groups -OCH3 is 1. The summed E-state index contributed by atoms with van der Waals surface area (Å²) in [5.41, 5.74) is 2.49. The first-order chi connectivity index (χ1) is 10.7. The summed E-state index contributed by atoms with van der Waals surface area (Å²) in [5, 5.41) is 6.58. The van der Waals surface area contributed by atoms with Crippen LogP contribution in [0.2, 0.25) is 0 Å². The number of guanidine groups is 1. The van der Waals surface area contributed by atoms with E-state index in [-0.39, 0.29) is 5.97 Å². The van der Waals surface area contributed by atoms with Gasteiger partial charge in [-0.05, 0) is 25.3 Å². The standard InChI is InChI=1S/C17H27N3O2/c1-14-8-7-9-15(12-14)13-20-17(18-2)19-11-6-4-5-10-16(21)22-3/h7-9,12H,4-6,10-11,13H2,1-3H3,(H2,18,19,20). The maximum absolute atomic E-state index is 11.0. The third-order valence-corrected chi connectivity index (χ3v) is 3.34. The molecule has 0 heterocycles. The molecule has 122 valence electrons. The fraction of sp³-hybridized carbons (Fsp3) is 0.529. The van der Waals surface area contributed by atoms with E-state index < -0.39 is 0 Å². The Balaban J connectivity index is 2.16. The monoisotopic (exact) mass is 305 g/mol. The van der Waals surface area contributed by atoms with Gasteiger partial charge in [-0.2, -0.15) is 0 Å². The van der Waals surface area contributed by atoms with Gasteiger partial charge in [0.1, 0.15) is 0 Å². The van der Waals surface area contributed by atoms with Gasteiger partial charge in [-0.15, -0.1) is 0 Å². The van der Waals surface area contributed by atoms with E-state index in [1.807, 2.05) is 0 Å². The fourth-order valence-corrected chi connectivity index (χ4v) is 2.11. The van der Waals surface area contributed by atoms with Crippen LogP contribution < -0.4 is 10.6 Å². The van der Waals surface area contributed by atoms with Gasteiger partial charge in [0.25, 0.3) is 0 Å². The highest BCUT2D eigenvalue weighted by atomic mass is 16.5. The zero-order chi connectivity index (χ0) is 16.2. The zero-order valence-electron chi connectivity index (χ0n) is 13.8. The summed E-state index contributed by atoms with van der Waals surface area (Å²) in [7, 11) is 3.19. The second-order valence-electron chi connectivity index (χ2n) is 5.23. The van der Waals surface area contributed by atoms with Gasteiger partial charge in [-0.3, -0.25) is 9.79 Å². The largest absolute Gasteiger partial charge is 0.469 e. The highest BCUT2D eigenvalue weighted by Crippen LogP contribution is 2.03. The number of aliphatic imine (C=N–C) groups is 1. The van der Waals surface area contributed by atoms with Crippen molar-refractivity contribution >= 4 is 11.9 Å². The Morgan fingerprint density at radius 3 is 2.73 bits per heavy atom. The van der Waals surface area contributed by atoms with E-state index in [2.05, 4.69) is 51.6 Å². The van der Waals surface area contributed by atoms with E-state index in [1.54, 1.807) is 7.05 Å². The molecule has 0 saturated carbocycles. The molecule has 0 radical (unpaired) electrons. The molecule has 0 aliphatic rings. The first-order valence-electron chi connectivity index (χ1n) is 7.72. The van der Waals surface area contributed by atoms with Crippen LogP contribution in [-0.2, 0) is 16.1 Å². The van der Waals surface area contributed by atoms with Crippen LogP contribution in [0.1, 0.15) is 36.8 Å². The molecule has 0 amide bonds. The highest BCUT2D eigenvalue weighted by Gasteiger charge is 2.00. The summed E-state index contributed by atoms with van der Waals surface area (Å²) in [5.74, 6) is 0.665. The molecule has 1 aromatic rings. The topological polar surface area (TPSA) is 62.7 Å². The Kier molecular flexibility index (Phi) is 8.72. The van der Waals surface area contributed by atoms with Crippen molar-refractivity contribution in [3.05, 3.63) is 35.4 Å². The summed E-state index contributed by atoms with van der Waals surface area (Å²) in [6, 6.07) is 8.40. The van der Waals surface area contributed by atoms with Crippen molar-refractivity contribution in [2.45, 2.75) is 39.2 Å². The molecule has 0 aromatic heterocycles. The molecule has 0 fully saturated rings. The quantitative estimate of drug-likeness (QED) is 0.335. The van der Waals surface area contributed by atoms with Gasteiger partial charge in [0, 0.05) is 26.6 Å². The van der Waals surface area contributed by atoms with Crippen molar-refractivity contribution in [2.75, 3.05) is 20.7 Å². The maximum atomic E-state index is 11.0. The number of carbonyl (C=O) groups is 1. The molecular weight excluding hydrogens is 278 g/mol. The van der Waals surface area contributed by atoms with E-state index in [4.69, 9.17) is 0 Å². The fourth-order valence-electron chi connectivity index (χ4n) is 2.11. The van der Waals surface area contributed by atoms with E-state index in [0.29, 0.717) is 6.42 Å². The smallest absolute Gasteiger partial charge is 0.305 e. The third kappa shape index (κ3) is 7.67. The molecule has 0 aliphatic heterocycles. The number of rotatable bonds is 8. The third-order valence-electron chi connectivity index (χ3n) is 3.34. The molecule has 2 N–H and O–H groups in total. The number of ether oxygens (including phenoxy) is 1. The van der Waals surface area contributed by atoms with Crippen molar-refractivity contribution in [3.63, 3.8) is 0 Å². The number of nitrogens with one attached hydrogen (secondary N) is 2. The molecule has 0 spiro atoms. The zero-order valence-corrected chi connectivity index (χ0v) is 13.8. The molecule has 1 rings (SSSR count). The van der Waals surface area contributed by atoms with Crippen LogP contribution in [0.4, 0.5) is 0 Å². The predicted octanol–water partition coefficient (Wildman–Crippen LogP) is 2.39. The number of aryl methyl sites for hydroxylation is 1. The number of benzene rings is 1. The minimum atomic E-state index is -0.136. The van der Waals surface area contributed by atoms with E-state index in [9.17, 15) is 4.79 Å². The minimum Gasteiger partial charge on any atom is -0.469 e. The van der Waals surface area contributed by atoms with Crippen LogP contribution in [0, 0.1) is 6.92 Å². The van der Waals surface area contributed by atoms with Crippen LogP contribution in [0.25, 0.3) is 0 Å². The number of hydrogen-bond acceptors (Lipinski definition) is 3. The van der Waals surface area contributed by atoms with Gasteiger partial charge in [-0.1, -0.05) is 36.2 Å². The van der Waals surface area contributed by atoms with E-state index in [0.717, 1.165) is 38.3 Å². The van der Waals surface area contributed by atoms with Crippen molar-refractivity contribution in [2.24, 2.45) is 4.99 Å². The van der Waals surface area contributed by atoms with Crippen molar-refractivity contribution in [3.8, 4) is 0 Å². The molecule has 0 atom stereocenters. The van der Waals surface area contributed by atoms with Gasteiger partial charge in [0.05, 0.1) is 7.11 Å². The normalized spacial score (nSPS) is 11.1. The van der Waals surface area contributed by atoms with Crippen molar-refractivity contribution in [1.82, 2.24) is 10.6 Å². The van der Waals surface area contributed by atoms with Crippen LogP contribution in [-0.4, -0.2) is 32.6 Å². The maximum Gasteiger partial charge on any atom is 0.305 e. The van der Waals surface area contributed by atoms with Crippen LogP contribution in [0.15, 0.2) is 29.3 Å². The molecule has 0 saturated heterocycles. The summed E-state index contributed by atoms with van der Waals surface area (Å²) in [4.78, 5) is 15.2. The number of nitrogens with zero attached hydrogens (tertiary/aromatic N) is 1. The van der Waals surface area contributed by atoms with Crippen LogP contribution in [0.5, 0.6) is 0 Å². The van der Waals surface area contributed by atoms with Gasteiger partial charge in [0.2, 0.25) is 0 Å². The molecule has 5 nitrogen and oxygen atoms in total. The van der Waals surface area contributed by atoms with Gasteiger partial charge >= 0.3 is 5.97 Å². The average Bonchev–Trinajstić information content (AvgIpc) is 2.53. The number of esters is 1. The lowest BCUT2D eigenvalue weighted by atomic mass is 10.1. The Labute approximate surface area is 133 Å². The first-order valence-corrected chi connectivity index (χ1v) is 7.72. The molecule has 0 aliphatic carbocycles. The Morgan fingerprint density at radius 1 is 1.23 bits per heavy atom. The SMILES string of the molecule is CN=C(NCCCCCC(=O)OC)NCc1cccc(C)c1. The second kappa shape index (κ2) is 10.7. The van der Waals surface area contributed by atoms with Crippen LogP contribution in [0.3, 0.4) is 0 Å². The van der Waals surface area contributed by atoms with Crippen LogP contribution >= 0.6 is 0 Å². The lowest BCUT2D eigenvalue weighted by molar-refractivity contribution is -0.140. The number of unbranched alkanes of at least 4 members (excludes halogenated alkanes) is 2. The van der Waals surface area contributed by atoms with Crippen molar-refractivity contribution in [1.29, 1.82) is 0 Å². The molecule has 5 heteroatoms. The molecule has 0 unspecified atom stereocenters. The Hall–Kier alpha value is -2.04. The summed E-state index contributed by atoms with van der Waals surface area (Å²) >= 11 is 0. The van der Waals surface area contributed by atoms with Gasteiger partial charge < -0.3 is 15.4 Å². The average molecular weight is 305 g/mol. The minimum absolute atomic E-state index is 0.136. The van der Waals surface area contributed by atoms with E-state index in [1.165, 1.54) is 18.2 Å². The van der Waals surface area contributed by atoms with Gasteiger partial charge in [0.15, 0.2) is 5.96 Å². The lowest BCUT2D eigenvalue weighted by Gasteiger charge is -2.12. The molecule has 0 bridgehead atoms.